The van der Waals surface area contributed by atoms with Crippen molar-refractivity contribution in [3.8, 4) is 10.4 Å². The highest BCUT2D eigenvalue weighted by molar-refractivity contribution is 7.22. The number of nitrogens with zero attached hydrogens (tertiary/aromatic N) is 1. The van der Waals surface area contributed by atoms with Crippen molar-refractivity contribution in [3.05, 3.63) is 84.2 Å². The SMILES string of the molecule is Cc1ncccc1C(=O)Nc1ccc(-c2cc3ccccc3s2)cc1. The summed E-state index contributed by atoms with van der Waals surface area (Å²) >= 11 is 1.77. The summed E-state index contributed by atoms with van der Waals surface area (Å²) in [5.41, 5.74) is 3.24. The van der Waals surface area contributed by atoms with Crippen LogP contribution in [-0.2, 0) is 0 Å². The molecule has 4 aromatic rings. The molecule has 0 radical (unpaired) electrons. The van der Waals surface area contributed by atoms with Gasteiger partial charge >= 0.3 is 0 Å². The average Bonchev–Trinajstić information content (AvgIpc) is 3.07. The first kappa shape index (κ1) is 15.5. The predicted molar refractivity (Wildman–Crippen MR) is 104 cm³/mol. The smallest absolute Gasteiger partial charge is 0.257 e. The van der Waals surface area contributed by atoms with Crippen LogP contribution in [0.25, 0.3) is 20.5 Å². The zero-order valence-electron chi connectivity index (χ0n) is 13.7. The van der Waals surface area contributed by atoms with Gasteiger partial charge in [0.15, 0.2) is 0 Å². The van der Waals surface area contributed by atoms with Gasteiger partial charge in [-0.05, 0) is 54.3 Å². The van der Waals surface area contributed by atoms with Crippen molar-refractivity contribution in [1.82, 2.24) is 4.98 Å². The van der Waals surface area contributed by atoms with E-state index in [1.54, 1.807) is 29.7 Å². The summed E-state index contributed by atoms with van der Waals surface area (Å²) in [6.07, 6.45) is 1.69. The van der Waals surface area contributed by atoms with Crippen molar-refractivity contribution in [2.45, 2.75) is 6.92 Å². The van der Waals surface area contributed by atoms with Crippen LogP contribution in [0.5, 0.6) is 0 Å². The van der Waals surface area contributed by atoms with Crippen LogP contribution < -0.4 is 5.32 Å². The monoisotopic (exact) mass is 344 g/mol. The second-order valence-electron chi connectivity index (χ2n) is 5.82. The molecule has 4 heteroatoms. The van der Waals surface area contributed by atoms with Crippen LogP contribution >= 0.6 is 11.3 Å². The number of nitrogens with one attached hydrogen (secondary N) is 1. The third-order valence-corrected chi connectivity index (χ3v) is 5.27. The second kappa shape index (κ2) is 6.49. The van der Waals surface area contributed by atoms with E-state index >= 15 is 0 Å². The van der Waals surface area contributed by atoms with Gasteiger partial charge in [0.2, 0.25) is 0 Å². The lowest BCUT2D eigenvalue weighted by molar-refractivity contribution is 0.102. The van der Waals surface area contributed by atoms with Crippen molar-refractivity contribution in [2.24, 2.45) is 0 Å². The third-order valence-electron chi connectivity index (χ3n) is 4.10. The lowest BCUT2D eigenvalue weighted by atomic mass is 10.1. The topological polar surface area (TPSA) is 42.0 Å². The number of aryl methyl sites for hydroxylation is 1. The molecule has 0 saturated carbocycles. The maximum absolute atomic E-state index is 12.4. The lowest BCUT2D eigenvalue weighted by Gasteiger charge is -2.07. The van der Waals surface area contributed by atoms with Crippen molar-refractivity contribution >= 4 is 33.0 Å². The highest BCUT2D eigenvalue weighted by Crippen LogP contribution is 2.33. The van der Waals surface area contributed by atoms with Crippen molar-refractivity contribution in [3.63, 3.8) is 0 Å². The molecule has 0 aliphatic carbocycles. The minimum Gasteiger partial charge on any atom is -0.322 e. The molecule has 0 fully saturated rings. The molecule has 0 bridgehead atoms. The van der Waals surface area contributed by atoms with Gasteiger partial charge in [-0.3, -0.25) is 9.78 Å². The van der Waals surface area contributed by atoms with Crippen molar-refractivity contribution in [1.29, 1.82) is 0 Å². The Labute approximate surface area is 150 Å². The van der Waals surface area contributed by atoms with Gasteiger partial charge in [-0.25, -0.2) is 0 Å². The first-order valence-corrected chi connectivity index (χ1v) is 8.84. The zero-order chi connectivity index (χ0) is 17.2. The minimum absolute atomic E-state index is 0.139. The molecule has 0 atom stereocenters. The van der Waals surface area contributed by atoms with Crippen LogP contribution in [0.4, 0.5) is 5.69 Å². The molecule has 1 amide bonds. The van der Waals surface area contributed by atoms with E-state index < -0.39 is 0 Å². The molecule has 2 heterocycles. The molecular formula is C21H16N2OS. The highest BCUT2D eigenvalue weighted by atomic mass is 32.1. The molecule has 2 aromatic heterocycles. The average molecular weight is 344 g/mol. The van der Waals surface area contributed by atoms with Gasteiger partial charge in [-0.15, -0.1) is 11.3 Å². The van der Waals surface area contributed by atoms with Gasteiger partial charge in [-0.1, -0.05) is 30.3 Å². The van der Waals surface area contributed by atoms with E-state index in [0.717, 1.165) is 16.9 Å². The quantitative estimate of drug-likeness (QED) is 0.531. The Kier molecular flexibility index (Phi) is 4.04. The van der Waals surface area contributed by atoms with E-state index in [1.807, 2.05) is 31.2 Å². The molecule has 2 aromatic carbocycles. The Morgan fingerprint density at radius 1 is 1.00 bits per heavy atom. The van der Waals surface area contributed by atoms with E-state index in [2.05, 4.69) is 40.6 Å². The molecule has 1 N–H and O–H groups in total. The van der Waals surface area contributed by atoms with E-state index in [9.17, 15) is 4.79 Å². The number of carbonyl (C=O) groups excluding carboxylic acids is 1. The number of fused-ring (bicyclic) bond motifs is 1. The number of benzene rings is 2. The summed E-state index contributed by atoms with van der Waals surface area (Å²) in [4.78, 5) is 17.7. The first-order valence-electron chi connectivity index (χ1n) is 8.03. The number of carbonyl (C=O) groups is 1. The first-order chi connectivity index (χ1) is 12.2. The number of thiophene rings is 1. The normalized spacial score (nSPS) is 10.8. The zero-order valence-corrected chi connectivity index (χ0v) is 14.5. The highest BCUT2D eigenvalue weighted by Gasteiger charge is 2.10. The van der Waals surface area contributed by atoms with Gasteiger partial charge < -0.3 is 5.32 Å². The van der Waals surface area contributed by atoms with Crippen molar-refractivity contribution < 1.29 is 4.79 Å². The van der Waals surface area contributed by atoms with Crippen LogP contribution in [-0.4, -0.2) is 10.9 Å². The Balaban J connectivity index is 1.56. The molecule has 25 heavy (non-hydrogen) atoms. The van der Waals surface area contributed by atoms with Crippen molar-refractivity contribution in [2.75, 3.05) is 5.32 Å². The van der Waals surface area contributed by atoms with Gasteiger partial charge in [-0.2, -0.15) is 0 Å². The summed E-state index contributed by atoms with van der Waals surface area (Å²) in [7, 11) is 0. The van der Waals surface area contributed by atoms with Crippen LogP contribution in [0, 0.1) is 6.92 Å². The molecule has 0 spiro atoms. The molecule has 122 valence electrons. The van der Waals surface area contributed by atoms with E-state index in [4.69, 9.17) is 0 Å². The second-order valence-corrected chi connectivity index (χ2v) is 6.90. The Morgan fingerprint density at radius 2 is 1.80 bits per heavy atom. The molecule has 4 rings (SSSR count). The van der Waals surface area contributed by atoms with Crippen LogP contribution in [0.2, 0.25) is 0 Å². The minimum atomic E-state index is -0.139. The summed E-state index contributed by atoms with van der Waals surface area (Å²) in [6.45, 7) is 1.83. The van der Waals surface area contributed by atoms with Crippen LogP contribution in [0.15, 0.2) is 72.9 Å². The van der Waals surface area contributed by atoms with E-state index in [-0.39, 0.29) is 5.91 Å². The summed E-state index contributed by atoms with van der Waals surface area (Å²) in [5.74, 6) is -0.139. The maximum Gasteiger partial charge on any atom is 0.257 e. The van der Waals surface area contributed by atoms with Crippen LogP contribution in [0.1, 0.15) is 16.1 Å². The molecule has 0 aliphatic rings. The fourth-order valence-electron chi connectivity index (χ4n) is 2.76. The number of hydrogen-bond donors (Lipinski definition) is 1. The fraction of sp³-hybridized carbons (Fsp3) is 0.0476. The standard InChI is InChI=1S/C21H16N2OS/c1-14-18(6-4-12-22-14)21(24)23-17-10-8-15(9-11-17)20-13-16-5-2-3-7-19(16)25-20/h2-13H,1H3,(H,23,24). The molecule has 0 saturated heterocycles. The van der Waals surface area contributed by atoms with E-state index in [1.165, 1.54) is 15.0 Å². The molecule has 3 nitrogen and oxygen atoms in total. The van der Waals surface area contributed by atoms with E-state index in [0.29, 0.717) is 5.56 Å². The Hall–Kier alpha value is -2.98. The molecule has 0 unspecified atom stereocenters. The number of pyridine rings is 1. The van der Waals surface area contributed by atoms with Gasteiger partial charge in [0.05, 0.1) is 5.56 Å². The number of anilines is 1. The largest absolute Gasteiger partial charge is 0.322 e. The lowest BCUT2D eigenvalue weighted by Crippen LogP contribution is -2.13. The summed E-state index contributed by atoms with van der Waals surface area (Å²) in [6, 6.07) is 22.1. The maximum atomic E-state index is 12.4. The summed E-state index contributed by atoms with van der Waals surface area (Å²) < 4.78 is 1.28. The Morgan fingerprint density at radius 3 is 2.56 bits per heavy atom. The van der Waals surface area contributed by atoms with Gasteiger partial charge in [0.1, 0.15) is 0 Å². The number of hydrogen-bond acceptors (Lipinski definition) is 3. The van der Waals surface area contributed by atoms with Gasteiger partial charge in [0, 0.05) is 27.2 Å². The van der Waals surface area contributed by atoms with Crippen LogP contribution in [0.3, 0.4) is 0 Å². The fourth-order valence-corrected chi connectivity index (χ4v) is 3.83. The number of aromatic nitrogens is 1. The molecular weight excluding hydrogens is 328 g/mol. The predicted octanol–water partition coefficient (Wildman–Crippen LogP) is 5.52. The Bertz CT molecular complexity index is 1020. The van der Waals surface area contributed by atoms with Gasteiger partial charge in [0.25, 0.3) is 5.91 Å². The third kappa shape index (κ3) is 3.16. The number of amides is 1. The summed E-state index contributed by atoms with van der Waals surface area (Å²) in [5, 5.41) is 4.19. The molecule has 0 aliphatic heterocycles. The number of rotatable bonds is 3.